The Hall–Kier alpha value is -2.37. The molecule has 2 fully saturated rings. The molecule has 1 aromatic rings. The molecule has 29 heavy (non-hydrogen) atoms. The molecule has 1 aliphatic carbocycles. The van der Waals surface area contributed by atoms with Crippen LogP contribution in [0.4, 0.5) is 0 Å². The minimum Gasteiger partial charge on any atom is -0.550 e. The molecule has 0 bridgehead atoms. The monoisotopic (exact) mass is 399 g/mol. The highest BCUT2D eigenvalue weighted by molar-refractivity contribution is 5.85. The van der Waals surface area contributed by atoms with Crippen LogP contribution in [-0.4, -0.2) is 34.8 Å². The van der Waals surface area contributed by atoms with Crippen molar-refractivity contribution in [2.24, 2.45) is 17.8 Å². The summed E-state index contributed by atoms with van der Waals surface area (Å²) in [6.07, 6.45) is 5.38. The molecular weight excluding hydrogens is 370 g/mol. The molecule has 0 spiro atoms. The summed E-state index contributed by atoms with van der Waals surface area (Å²) in [5.74, 6) is -3.75. The second-order valence-electron chi connectivity index (χ2n) is 8.60. The number of rotatable bonds is 8. The number of aliphatic carboxylic acids is 2. The topological polar surface area (TPSA) is 101 Å². The second-order valence-corrected chi connectivity index (χ2v) is 8.60. The first-order valence-corrected chi connectivity index (χ1v) is 10.7. The van der Waals surface area contributed by atoms with E-state index in [0.29, 0.717) is 19.3 Å². The van der Waals surface area contributed by atoms with Gasteiger partial charge in [0.1, 0.15) is 0 Å². The molecule has 2 aliphatic rings. The molecule has 5 atom stereocenters. The van der Waals surface area contributed by atoms with Crippen molar-refractivity contribution in [3.8, 4) is 0 Å². The highest BCUT2D eigenvalue weighted by atomic mass is 16.4. The molecule has 1 saturated carbocycles. The number of carbonyl (C=O) groups excluding carboxylic acids is 3. The minimum absolute atomic E-state index is 0.0627. The van der Waals surface area contributed by atoms with E-state index in [4.69, 9.17) is 0 Å². The van der Waals surface area contributed by atoms with Gasteiger partial charge < -0.3 is 24.7 Å². The van der Waals surface area contributed by atoms with Crippen LogP contribution in [0.2, 0.25) is 0 Å². The Morgan fingerprint density at radius 2 is 1.79 bits per heavy atom. The van der Waals surface area contributed by atoms with Crippen molar-refractivity contribution >= 4 is 17.8 Å². The Labute approximate surface area is 171 Å². The fourth-order valence-corrected chi connectivity index (χ4v) is 5.09. The van der Waals surface area contributed by atoms with E-state index >= 15 is 0 Å². The summed E-state index contributed by atoms with van der Waals surface area (Å²) in [6, 6.07) is 8.64. The van der Waals surface area contributed by atoms with Crippen molar-refractivity contribution in [2.45, 2.75) is 70.4 Å². The molecule has 1 aliphatic heterocycles. The van der Waals surface area contributed by atoms with E-state index in [2.05, 4.69) is 0 Å². The number of carbonyl (C=O) groups is 3. The molecular formula is C23H29NO5-2. The van der Waals surface area contributed by atoms with Gasteiger partial charge in [0.2, 0.25) is 5.91 Å². The Morgan fingerprint density at radius 3 is 2.45 bits per heavy atom. The third-order valence-corrected chi connectivity index (χ3v) is 6.63. The Morgan fingerprint density at radius 1 is 1.10 bits per heavy atom. The third-order valence-electron chi connectivity index (χ3n) is 6.63. The van der Waals surface area contributed by atoms with Crippen molar-refractivity contribution in [3.05, 3.63) is 35.9 Å². The van der Waals surface area contributed by atoms with Gasteiger partial charge in [-0.25, -0.2) is 0 Å². The molecule has 6 nitrogen and oxygen atoms in total. The lowest BCUT2D eigenvalue weighted by atomic mass is 9.84. The van der Waals surface area contributed by atoms with E-state index in [1.165, 1.54) is 4.90 Å². The van der Waals surface area contributed by atoms with Gasteiger partial charge in [0.15, 0.2) is 0 Å². The molecule has 3 rings (SSSR count). The van der Waals surface area contributed by atoms with E-state index in [1.807, 2.05) is 30.3 Å². The first-order valence-electron chi connectivity index (χ1n) is 10.7. The summed E-state index contributed by atoms with van der Waals surface area (Å²) < 4.78 is 0. The summed E-state index contributed by atoms with van der Waals surface area (Å²) in [6.45, 7) is 1.70. The predicted molar refractivity (Wildman–Crippen MR) is 103 cm³/mol. The van der Waals surface area contributed by atoms with Crippen LogP contribution in [-0.2, 0) is 20.8 Å². The average Bonchev–Trinajstić information content (AvgIpc) is 3.10. The first-order chi connectivity index (χ1) is 13.9. The van der Waals surface area contributed by atoms with Crippen molar-refractivity contribution in [2.75, 3.05) is 0 Å². The quantitative estimate of drug-likeness (QED) is 0.647. The van der Waals surface area contributed by atoms with Crippen molar-refractivity contribution in [3.63, 3.8) is 0 Å². The maximum absolute atomic E-state index is 13.2. The van der Waals surface area contributed by atoms with Gasteiger partial charge in [-0.15, -0.1) is 0 Å². The van der Waals surface area contributed by atoms with Gasteiger partial charge in [-0.3, -0.25) is 4.79 Å². The number of amides is 1. The lowest BCUT2D eigenvalue weighted by molar-refractivity contribution is -0.313. The van der Waals surface area contributed by atoms with Crippen molar-refractivity contribution in [1.29, 1.82) is 0 Å². The molecule has 1 aromatic carbocycles. The number of hydrogen-bond donors (Lipinski definition) is 0. The number of aryl methyl sites for hydroxylation is 1. The molecule has 0 aromatic heterocycles. The van der Waals surface area contributed by atoms with Crippen molar-refractivity contribution in [1.82, 2.24) is 4.90 Å². The summed E-state index contributed by atoms with van der Waals surface area (Å²) in [5.41, 5.74) is 1.04. The van der Waals surface area contributed by atoms with Crippen LogP contribution in [0.15, 0.2) is 30.3 Å². The molecule has 1 saturated heterocycles. The van der Waals surface area contributed by atoms with Crippen LogP contribution in [0.5, 0.6) is 0 Å². The van der Waals surface area contributed by atoms with E-state index in [1.54, 1.807) is 6.92 Å². The summed E-state index contributed by atoms with van der Waals surface area (Å²) >= 11 is 0. The van der Waals surface area contributed by atoms with E-state index in [-0.39, 0.29) is 24.3 Å². The highest BCUT2D eigenvalue weighted by Crippen LogP contribution is 2.40. The van der Waals surface area contributed by atoms with Crippen LogP contribution >= 0.6 is 0 Å². The second kappa shape index (κ2) is 9.42. The number of carboxylic acid groups (broad SMARTS) is 2. The zero-order valence-corrected chi connectivity index (χ0v) is 16.9. The van der Waals surface area contributed by atoms with Gasteiger partial charge in [-0.05, 0) is 55.9 Å². The molecule has 6 heteroatoms. The van der Waals surface area contributed by atoms with Gasteiger partial charge in [0, 0.05) is 17.9 Å². The summed E-state index contributed by atoms with van der Waals surface area (Å²) in [5, 5.41) is 23.3. The minimum atomic E-state index is -1.21. The van der Waals surface area contributed by atoms with E-state index in [9.17, 15) is 24.6 Å². The zero-order chi connectivity index (χ0) is 21.0. The number of fused-ring (bicyclic) bond motifs is 1. The number of likely N-dealkylation sites (tertiary alicyclic amines) is 1. The first kappa shape index (κ1) is 21.3. The fourth-order valence-electron chi connectivity index (χ4n) is 5.09. The highest BCUT2D eigenvalue weighted by Gasteiger charge is 2.45. The average molecular weight is 399 g/mol. The SMILES string of the molecule is C[C@H](C[C@@H](CCc1ccccc1)C(=O)[O-])C(=O)N1[C@H](C(=O)[O-])C[C@H]2CCCC[C@@H]21. The Balaban J connectivity index is 1.66. The van der Waals surface area contributed by atoms with Crippen LogP contribution < -0.4 is 10.2 Å². The smallest absolute Gasteiger partial charge is 0.226 e. The zero-order valence-electron chi connectivity index (χ0n) is 16.9. The molecule has 0 radical (unpaired) electrons. The molecule has 1 heterocycles. The summed E-state index contributed by atoms with van der Waals surface area (Å²) in [4.78, 5) is 38.0. The van der Waals surface area contributed by atoms with Gasteiger partial charge in [0.25, 0.3) is 0 Å². The standard InChI is InChI=1S/C23H31NO5/c1-15(13-18(22(26)27)12-11-16-7-3-2-4-8-16)21(25)24-19-10-6-5-9-17(19)14-20(24)23(28)29/h2-4,7-8,15,17-20H,5-6,9-14H2,1H3,(H,26,27)(H,28,29)/p-2/t15-,17-,18-,19+,20+/m1/s1. The maximum atomic E-state index is 13.2. The third kappa shape index (κ3) is 4.98. The fraction of sp³-hybridized carbons (Fsp3) is 0.609. The van der Waals surface area contributed by atoms with Crippen LogP contribution in [0.25, 0.3) is 0 Å². The largest absolute Gasteiger partial charge is 0.550 e. The normalized spacial score (nSPS) is 25.8. The molecule has 0 N–H and O–H groups in total. The van der Waals surface area contributed by atoms with Gasteiger partial charge in [-0.2, -0.15) is 0 Å². The summed E-state index contributed by atoms with van der Waals surface area (Å²) in [7, 11) is 0. The van der Waals surface area contributed by atoms with Crippen LogP contribution in [0.3, 0.4) is 0 Å². The number of hydrogen-bond acceptors (Lipinski definition) is 5. The lowest BCUT2D eigenvalue weighted by Crippen LogP contribution is -2.52. The Bertz CT molecular complexity index is 734. The van der Waals surface area contributed by atoms with Crippen LogP contribution in [0.1, 0.15) is 57.4 Å². The predicted octanol–water partition coefficient (Wildman–Crippen LogP) is 0.921. The van der Waals surface area contributed by atoms with Crippen molar-refractivity contribution < 1.29 is 24.6 Å². The van der Waals surface area contributed by atoms with Crippen LogP contribution in [0, 0.1) is 17.8 Å². The molecule has 1 amide bonds. The number of benzene rings is 1. The van der Waals surface area contributed by atoms with E-state index < -0.39 is 29.8 Å². The lowest BCUT2D eigenvalue weighted by Gasteiger charge is -2.36. The molecule has 0 unspecified atom stereocenters. The number of carboxylic acids is 2. The number of nitrogens with zero attached hydrogens (tertiary/aromatic N) is 1. The molecule has 158 valence electrons. The van der Waals surface area contributed by atoms with Gasteiger partial charge in [0.05, 0.1) is 12.0 Å². The van der Waals surface area contributed by atoms with Gasteiger partial charge in [-0.1, -0.05) is 50.1 Å². The van der Waals surface area contributed by atoms with Gasteiger partial charge >= 0.3 is 0 Å². The van der Waals surface area contributed by atoms with E-state index in [0.717, 1.165) is 31.2 Å². The maximum Gasteiger partial charge on any atom is 0.226 e. The Kier molecular flexibility index (Phi) is 6.93.